The van der Waals surface area contributed by atoms with E-state index in [1.165, 1.54) is 0 Å². The maximum absolute atomic E-state index is 12.5. The van der Waals surface area contributed by atoms with Gasteiger partial charge in [-0.05, 0) is 5.56 Å². The van der Waals surface area contributed by atoms with Crippen LogP contribution in [0.1, 0.15) is 18.4 Å². The Bertz CT molecular complexity index is 622. The molecule has 2 heterocycles. The predicted molar refractivity (Wildman–Crippen MR) is 89.9 cm³/mol. The summed E-state index contributed by atoms with van der Waals surface area (Å²) in [5.74, 6) is 0.597. The fraction of sp³-hybridized carbons (Fsp3) is 0.471. The van der Waals surface area contributed by atoms with Crippen molar-refractivity contribution in [1.82, 2.24) is 10.2 Å². The summed E-state index contributed by atoms with van der Waals surface area (Å²) >= 11 is 1.57. The molecule has 3 rings (SSSR count). The number of nitrogens with zero attached hydrogens (tertiary/aromatic N) is 1. The van der Waals surface area contributed by atoms with E-state index in [4.69, 9.17) is 4.74 Å². The van der Waals surface area contributed by atoms with Crippen molar-refractivity contribution in [2.45, 2.75) is 25.4 Å². The smallest absolute Gasteiger partial charge is 0.306 e. The molecule has 0 spiro atoms. The SMILES string of the molecule is O=C1CC(CC(=O)N2CSCC2C(=O)NCc2ccccc2)CO1. The summed E-state index contributed by atoms with van der Waals surface area (Å²) in [6.45, 7) is 0.754. The van der Waals surface area contributed by atoms with E-state index >= 15 is 0 Å². The molecule has 0 aromatic heterocycles. The zero-order chi connectivity index (χ0) is 16.9. The summed E-state index contributed by atoms with van der Waals surface area (Å²) in [5, 5.41) is 2.90. The van der Waals surface area contributed by atoms with Crippen LogP contribution in [0.4, 0.5) is 0 Å². The molecule has 0 radical (unpaired) electrons. The number of carbonyl (C=O) groups is 3. The third-order valence-electron chi connectivity index (χ3n) is 4.21. The molecule has 2 amide bonds. The summed E-state index contributed by atoms with van der Waals surface area (Å²) in [4.78, 5) is 37.6. The zero-order valence-corrected chi connectivity index (χ0v) is 14.1. The van der Waals surface area contributed by atoms with E-state index in [-0.39, 0.29) is 36.5 Å². The van der Waals surface area contributed by atoms with Gasteiger partial charge in [-0.3, -0.25) is 14.4 Å². The molecule has 0 saturated carbocycles. The number of carbonyl (C=O) groups excluding carboxylic acids is 3. The van der Waals surface area contributed by atoms with Gasteiger partial charge < -0.3 is 15.0 Å². The minimum Gasteiger partial charge on any atom is -0.465 e. The summed E-state index contributed by atoms with van der Waals surface area (Å²) < 4.78 is 4.90. The van der Waals surface area contributed by atoms with Crippen molar-refractivity contribution in [2.24, 2.45) is 5.92 Å². The van der Waals surface area contributed by atoms with Crippen LogP contribution in [0.25, 0.3) is 0 Å². The van der Waals surface area contributed by atoms with E-state index in [1.54, 1.807) is 16.7 Å². The number of esters is 1. The molecule has 1 aromatic rings. The van der Waals surface area contributed by atoms with Gasteiger partial charge in [0.05, 0.1) is 18.9 Å². The van der Waals surface area contributed by atoms with E-state index < -0.39 is 6.04 Å². The maximum atomic E-state index is 12.5. The van der Waals surface area contributed by atoms with Gasteiger partial charge in [0, 0.05) is 24.6 Å². The Morgan fingerprint density at radius 3 is 2.79 bits per heavy atom. The van der Waals surface area contributed by atoms with E-state index in [0.29, 0.717) is 24.8 Å². The minimum absolute atomic E-state index is 0.0661. The monoisotopic (exact) mass is 348 g/mol. The second kappa shape index (κ2) is 7.70. The molecule has 128 valence electrons. The van der Waals surface area contributed by atoms with E-state index in [0.717, 1.165) is 5.56 Å². The van der Waals surface area contributed by atoms with Crippen LogP contribution < -0.4 is 5.32 Å². The first-order valence-electron chi connectivity index (χ1n) is 7.98. The topological polar surface area (TPSA) is 75.7 Å². The second-order valence-corrected chi connectivity index (χ2v) is 7.04. The molecule has 0 aliphatic carbocycles. The van der Waals surface area contributed by atoms with Gasteiger partial charge in [-0.1, -0.05) is 30.3 Å². The number of hydrogen-bond acceptors (Lipinski definition) is 5. The van der Waals surface area contributed by atoms with Gasteiger partial charge in [0.15, 0.2) is 0 Å². The molecule has 7 heteroatoms. The van der Waals surface area contributed by atoms with Gasteiger partial charge in [-0.25, -0.2) is 0 Å². The highest BCUT2D eigenvalue weighted by Gasteiger charge is 2.36. The number of hydrogen-bond donors (Lipinski definition) is 1. The molecule has 1 aromatic carbocycles. The highest BCUT2D eigenvalue weighted by molar-refractivity contribution is 7.99. The first-order chi connectivity index (χ1) is 11.6. The van der Waals surface area contributed by atoms with Crippen LogP contribution in [0.15, 0.2) is 30.3 Å². The third kappa shape index (κ3) is 4.08. The molecular weight excluding hydrogens is 328 g/mol. The second-order valence-electron chi connectivity index (χ2n) is 6.04. The lowest BCUT2D eigenvalue weighted by Crippen LogP contribution is -2.47. The van der Waals surface area contributed by atoms with Crippen LogP contribution in [-0.4, -0.2) is 47.0 Å². The van der Waals surface area contributed by atoms with Gasteiger partial charge in [0.25, 0.3) is 0 Å². The standard InChI is InChI=1S/C17H20N2O4S/c20-15(6-13-7-16(21)23-9-13)19-11-24-10-14(19)17(22)18-8-12-4-2-1-3-5-12/h1-5,13-14H,6-11H2,(H,18,22). The molecule has 2 saturated heterocycles. The fourth-order valence-electron chi connectivity index (χ4n) is 2.87. The van der Waals surface area contributed by atoms with Crippen LogP contribution >= 0.6 is 11.8 Å². The molecule has 2 unspecified atom stereocenters. The summed E-state index contributed by atoms with van der Waals surface area (Å²) in [6.07, 6.45) is 0.548. The summed E-state index contributed by atoms with van der Waals surface area (Å²) in [7, 11) is 0. The minimum atomic E-state index is -0.441. The van der Waals surface area contributed by atoms with Gasteiger partial charge in [0.2, 0.25) is 11.8 Å². The Morgan fingerprint density at radius 2 is 2.08 bits per heavy atom. The van der Waals surface area contributed by atoms with Crippen LogP contribution in [0, 0.1) is 5.92 Å². The lowest BCUT2D eigenvalue weighted by molar-refractivity contribution is -0.138. The Kier molecular flexibility index (Phi) is 5.40. The number of nitrogens with one attached hydrogen (secondary N) is 1. The van der Waals surface area contributed by atoms with Crippen molar-refractivity contribution in [2.75, 3.05) is 18.2 Å². The number of cyclic esters (lactones) is 1. The first-order valence-corrected chi connectivity index (χ1v) is 9.13. The molecule has 2 aliphatic rings. The van der Waals surface area contributed by atoms with Crippen LogP contribution in [0.2, 0.25) is 0 Å². The normalized spacial score (nSPS) is 23.2. The lowest BCUT2D eigenvalue weighted by Gasteiger charge is -2.24. The van der Waals surface area contributed by atoms with Crippen molar-refractivity contribution in [3.05, 3.63) is 35.9 Å². The molecule has 6 nitrogen and oxygen atoms in total. The molecule has 1 N–H and O–H groups in total. The van der Waals surface area contributed by atoms with Crippen LogP contribution in [0.3, 0.4) is 0 Å². The largest absolute Gasteiger partial charge is 0.465 e. The van der Waals surface area contributed by atoms with Crippen molar-refractivity contribution < 1.29 is 19.1 Å². The fourth-order valence-corrected chi connectivity index (χ4v) is 4.05. The maximum Gasteiger partial charge on any atom is 0.306 e. The number of thioether (sulfide) groups is 1. The Hall–Kier alpha value is -2.02. The number of ether oxygens (including phenoxy) is 1. The first kappa shape index (κ1) is 16.8. The van der Waals surface area contributed by atoms with Gasteiger partial charge in [0.1, 0.15) is 6.04 Å². The molecule has 2 atom stereocenters. The summed E-state index contributed by atoms with van der Waals surface area (Å²) in [5.41, 5.74) is 1.02. The van der Waals surface area contributed by atoms with Crippen molar-refractivity contribution in [3.63, 3.8) is 0 Å². The highest BCUT2D eigenvalue weighted by atomic mass is 32.2. The quantitative estimate of drug-likeness (QED) is 0.808. The highest BCUT2D eigenvalue weighted by Crippen LogP contribution is 2.25. The van der Waals surface area contributed by atoms with Crippen molar-refractivity contribution in [3.8, 4) is 0 Å². The molecule has 24 heavy (non-hydrogen) atoms. The number of benzene rings is 1. The molecular formula is C17H20N2O4S. The van der Waals surface area contributed by atoms with Gasteiger partial charge in [-0.2, -0.15) is 0 Å². The average Bonchev–Trinajstić information content (AvgIpc) is 3.22. The molecule has 2 fully saturated rings. The number of amides is 2. The summed E-state index contributed by atoms with van der Waals surface area (Å²) in [6, 6.07) is 9.23. The van der Waals surface area contributed by atoms with Crippen molar-refractivity contribution >= 4 is 29.5 Å². The Morgan fingerprint density at radius 1 is 1.29 bits per heavy atom. The molecule has 0 bridgehead atoms. The van der Waals surface area contributed by atoms with E-state index in [9.17, 15) is 14.4 Å². The van der Waals surface area contributed by atoms with Crippen LogP contribution in [-0.2, 0) is 25.7 Å². The average molecular weight is 348 g/mol. The number of rotatable bonds is 5. The Labute approximate surface area is 144 Å². The molecule has 2 aliphatic heterocycles. The van der Waals surface area contributed by atoms with Gasteiger partial charge >= 0.3 is 5.97 Å². The van der Waals surface area contributed by atoms with Gasteiger partial charge in [-0.15, -0.1) is 11.8 Å². The predicted octanol–water partition coefficient (Wildman–Crippen LogP) is 1.16. The van der Waals surface area contributed by atoms with Crippen LogP contribution in [0.5, 0.6) is 0 Å². The Balaban J connectivity index is 1.53. The zero-order valence-electron chi connectivity index (χ0n) is 13.3. The third-order valence-corrected chi connectivity index (χ3v) is 5.23. The lowest BCUT2D eigenvalue weighted by atomic mass is 10.0. The van der Waals surface area contributed by atoms with E-state index in [1.807, 2.05) is 30.3 Å². The van der Waals surface area contributed by atoms with E-state index in [2.05, 4.69) is 5.32 Å². The van der Waals surface area contributed by atoms with Crippen molar-refractivity contribution in [1.29, 1.82) is 0 Å².